The van der Waals surface area contributed by atoms with Crippen LogP contribution in [0, 0.1) is 0 Å². The molecular formula is C15H27NO6S2. The molecule has 1 aliphatic rings. The van der Waals surface area contributed by atoms with E-state index < -0.39 is 31.5 Å². The molecule has 1 aliphatic carbocycles. The van der Waals surface area contributed by atoms with Crippen molar-refractivity contribution in [1.29, 1.82) is 0 Å². The van der Waals surface area contributed by atoms with E-state index in [-0.39, 0.29) is 6.61 Å². The van der Waals surface area contributed by atoms with Crippen LogP contribution in [0.1, 0.15) is 40.0 Å². The van der Waals surface area contributed by atoms with E-state index in [1.807, 2.05) is 26.8 Å². The minimum absolute atomic E-state index is 0.120. The Kier molecular flexibility index (Phi) is 6.79. The maximum absolute atomic E-state index is 11.7. The Morgan fingerprint density at radius 1 is 1.21 bits per heavy atom. The van der Waals surface area contributed by atoms with E-state index >= 15 is 0 Å². The molecule has 0 fully saturated rings. The van der Waals surface area contributed by atoms with Crippen molar-refractivity contribution in [3.8, 4) is 0 Å². The zero-order valence-electron chi connectivity index (χ0n) is 14.8. The van der Waals surface area contributed by atoms with Gasteiger partial charge >= 0.3 is 0 Å². The first-order chi connectivity index (χ1) is 10.7. The van der Waals surface area contributed by atoms with Gasteiger partial charge in [-0.2, -0.15) is 13.1 Å². The monoisotopic (exact) mass is 381 g/mol. The predicted molar refractivity (Wildman–Crippen MR) is 93.4 cm³/mol. The number of allylic oxidation sites excluding steroid dienone is 2. The van der Waals surface area contributed by atoms with Crippen molar-refractivity contribution in [3.63, 3.8) is 0 Å². The van der Waals surface area contributed by atoms with Gasteiger partial charge in [-0.05, 0) is 39.7 Å². The third-order valence-electron chi connectivity index (χ3n) is 2.99. The normalized spacial score (nSPS) is 22.5. The lowest BCUT2D eigenvalue weighted by molar-refractivity contribution is -0.110. The predicted octanol–water partition coefficient (Wildman–Crippen LogP) is 1.69. The van der Waals surface area contributed by atoms with E-state index in [1.165, 1.54) is 0 Å². The van der Waals surface area contributed by atoms with Crippen LogP contribution in [0.4, 0.5) is 0 Å². The molecule has 0 saturated carbocycles. The van der Waals surface area contributed by atoms with Gasteiger partial charge in [0.2, 0.25) is 10.0 Å². The number of hydrogen-bond acceptors (Lipinski definition) is 6. The van der Waals surface area contributed by atoms with E-state index in [4.69, 9.17) is 8.92 Å². The van der Waals surface area contributed by atoms with Gasteiger partial charge in [0, 0.05) is 6.42 Å². The van der Waals surface area contributed by atoms with Gasteiger partial charge in [-0.3, -0.25) is 4.18 Å². The Morgan fingerprint density at radius 3 is 2.25 bits per heavy atom. The van der Waals surface area contributed by atoms with Gasteiger partial charge in [0.25, 0.3) is 10.1 Å². The van der Waals surface area contributed by atoms with E-state index in [0.29, 0.717) is 19.3 Å². The van der Waals surface area contributed by atoms with Crippen molar-refractivity contribution in [3.05, 3.63) is 23.8 Å². The van der Waals surface area contributed by atoms with Crippen molar-refractivity contribution in [1.82, 2.24) is 4.72 Å². The molecule has 0 aromatic rings. The zero-order valence-corrected chi connectivity index (χ0v) is 16.5. The first-order valence-electron chi connectivity index (χ1n) is 7.62. The van der Waals surface area contributed by atoms with Gasteiger partial charge in [0.1, 0.15) is 0 Å². The number of rotatable bonds is 8. The van der Waals surface area contributed by atoms with Crippen LogP contribution in [-0.4, -0.2) is 47.3 Å². The Hall–Kier alpha value is -0.740. The SMILES string of the molecule is CC(C)(C)OC1(NS(C)(=O)=O)C=CC(CCCOS(C)(=O)=O)=CC1. The van der Waals surface area contributed by atoms with Crippen molar-refractivity contribution in [2.75, 3.05) is 19.1 Å². The maximum atomic E-state index is 11.7. The Balaban J connectivity index is 2.71. The molecule has 1 atom stereocenters. The van der Waals surface area contributed by atoms with Crippen LogP contribution < -0.4 is 4.72 Å². The number of hydrogen-bond donors (Lipinski definition) is 1. The highest BCUT2D eigenvalue weighted by Gasteiger charge is 2.36. The lowest BCUT2D eigenvalue weighted by atomic mass is 9.96. The Morgan fingerprint density at radius 2 is 1.83 bits per heavy atom. The molecule has 0 saturated heterocycles. The summed E-state index contributed by atoms with van der Waals surface area (Å²) in [6, 6.07) is 0. The fourth-order valence-electron chi connectivity index (χ4n) is 2.36. The van der Waals surface area contributed by atoms with Crippen LogP contribution in [0.2, 0.25) is 0 Å². The molecule has 0 aromatic heterocycles. The van der Waals surface area contributed by atoms with E-state index in [1.54, 1.807) is 12.2 Å². The summed E-state index contributed by atoms with van der Waals surface area (Å²) < 4.78 is 58.3. The Labute approximate surface area is 145 Å². The summed E-state index contributed by atoms with van der Waals surface area (Å²) in [5.74, 6) is 0. The highest BCUT2D eigenvalue weighted by Crippen LogP contribution is 2.29. The fourth-order valence-corrected chi connectivity index (χ4v) is 3.61. The smallest absolute Gasteiger partial charge is 0.264 e. The Bertz CT molecular complexity index is 701. The number of ether oxygens (including phenoxy) is 1. The average Bonchev–Trinajstić information content (AvgIpc) is 2.31. The quantitative estimate of drug-likeness (QED) is 0.390. The minimum Gasteiger partial charge on any atom is -0.350 e. The third-order valence-corrected chi connectivity index (χ3v) is 4.30. The topological polar surface area (TPSA) is 98.8 Å². The summed E-state index contributed by atoms with van der Waals surface area (Å²) in [5, 5.41) is 0. The van der Waals surface area contributed by atoms with Gasteiger partial charge in [-0.25, -0.2) is 8.42 Å². The molecule has 0 heterocycles. The van der Waals surface area contributed by atoms with Gasteiger partial charge in [-0.1, -0.05) is 17.7 Å². The summed E-state index contributed by atoms with van der Waals surface area (Å²) >= 11 is 0. The lowest BCUT2D eigenvalue weighted by Gasteiger charge is -2.38. The van der Waals surface area contributed by atoms with Gasteiger partial charge in [0.05, 0.1) is 24.7 Å². The van der Waals surface area contributed by atoms with E-state index in [0.717, 1.165) is 18.1 Å². The molecule has 0 radical (unpaired) electrons. The molecule has 0 aliphatic heterocycles. The summed E-state index contributed by atoms with van der Waals surface area (Å²) in [6.45, 7) is 5.69. The molecule has 9 heteroatoms. The average molecular weight is 382 g/mol. The van der Waals surface area contributed by atoms with Crippen LogP contribution in [0.3, 0.4) is 0 Å². The first kappa shape index (κ1) is 21.3. The van der Waals surface area contributed by atoms with Crippen LogP contribution in [0.5, 0.6) is 0 Å². The molecule has 140 valence electrons. The summed E-state index contributed by atoms with van der Waals surface area (Å²) in [5.41, 5.74) is -0.662. The number of sulfonamides is 1. The van der Waals surface area contributed by atoms with Crippen LogP contribution in [0.15, 0.2) is 23.8 Å². The van der Waals surface area contributed by atoms with Crippen LogP contribution >= 0.6 is 0 Å². The molecule has 7 nitrogen and oxygen atoms in total. The molecule has 1 unspecified atom stereocenters. The largest absolute Gasteiger partial charge is 0.350 e. The molecular weight excluding hydrogens is 354 g/mol. The zero-order chi connectivity index (χ0) is 18.6. The summed E-state index contributed by atoms with van der Waals surface area (Å²) in [6.07, 6.45) is 9.05. The maximum Gasteiger partial charge on any atom is 0.264 e. The van der Waals surface area contributed by atoms with Crippen LogP contribution in [-0.2, 0) is 29.1 Å². The van der Waals surface area contributed by atoms with Gasteiger partial charge in [0.15, 0.2) is 5.72 Å². The standard InChI is InChI=1S/C15H27NO6S2/c1-14(2,3)22-15(16-23(4,17)18)10-8-13(9-11-15)7-6-12-21-24(5,19)20/h8-10,16H,6-7,11-12H2,1-5H3. The van der Waals surface area contributed by atoms with Gasteiger partial charge in [-0.15, -0.1) is 0 Å². The minimum atomic E-state index is -3.45. The molecule has 24 heavy (non-hydrogen) atoms. The molecule has 0 amide bonds. The van der Waals surface area contributed by atoms with Crippen molar-refractivity contribution >= 4 is 20.1 Å². The second-order valence-electron chi connectivity index (χ2n) is 6.92. The van der Waals surface area contributed by atoms with Crippen LogP contribution in [0.25, 0.3) is 0 Å². The molecule has 0 bridgehead atoms. The fraction of sp³-hybridized carbons (Fsp3) is 0.733. The second kappa shape index (κ2) is 7.65. The second-order valence-corrected chi connectivity index (χ2v) is 10.3. The lowest BCUT2D eigenvalue weighted by Crippen LogP contribution is -2.52. The van der Waals surface area contributed by atoms with Gasteiger partial charge < -0.3 is 4.74 Å². The van der Waals surface area contributed by atoms with Crippen molar-refractivity contribution < 1.29 is 25.8 Å². The highest BCUT2D eigenvalue weighted by molar-refractivity contribution is 7.88. The molecule has 0 spiro atoms. The molecule has 1 N–H and O–H groups in total. The first-order valence-corrected chi connectivity index (χ1v) is 11.3. The van der Waals surface area contributed by atoms with Crippen molar-refractivity contribution in [2.45, 2.75) is 51.4 Å². The van der Waals surface area contributed by atoms with E-state index in [9.17, 15) is 16.8 Å². The van der Waals surface area contributed by atoms with Crippen molar-refractivity contribution in [2.24, 2.45) is 0 Å². The highest BCUT2D eigenvalue weighted by atomic mass is 32.2. The van der Waals surface area contributed by atoms with E-state index in [2.05, 4.69) is 4.72 Å². The summed E-state index contributed by atoms with van der Waals surface area (Å²) in [7, 11) is -6.87. The third kappa shape index (κ3) is 8.93. The molecule has 0 aromatic carbocycles. The summed E-state index contributed by atoms with van der Waals surface area (Å²) in [4.78, 5) is 0. The number of nitrogens with one attached hydrogen (secondary N) is 1. The molecule has 1 rings (SSSR count).